The van der Waals surface area contributed by atoms with E-state index in [0.29, 0.717) is 10.8 Å². The van der Waals surface area contributed by atoms with Gasteiger partial charge in [-0.2, -0.15) is 12.6 Å². The Bertz CT molecular complexity index is 516. The number of hydrogen-bond acceptors (Lipinski definition) is 2. The molecular weight excluding hydrogens is 336 g/mol. The summed E-state index contributed by atoms with van der Waals surface area (Å²) in [7, 11) is 0. The van der Waals surface area contributed by atoms with Gasteiger partial charge in [0.1, 0.15) is 0 Å². The maximum absolute atomic E-state index is 6.20. The average molecular weight is 379 g/mol. The van der Waals surface area contributed by atoms with Crippen LogP contribution in [0.15, 0.2) is 0 Å². The Morgan fingerprint density at radius 1 is 0.923 bits per heavy atom. The molecule has 0 heterocycles. The molecule has 4 aliphatic carbocycles. The summed E-state index contributed by atoms with van der Waals surface area (Å²) in [6.45, 7) is 11.6. The molecule has 1 unspecified atom stereocenters. The van der Waals surface area contributed by atoms with E-state index in [0.717, 1.165) is 42.8 Å². The average Bonchev–Trinajstić information content (AvgIpc) is 2.96. The predicted octanol–water partition coefficient (Wildman–Crippen LogP) is 6.76. The molecule has 0 aromatic rings. The minimum absolute atomic E-state index is 0.247. The van der Waals surface area contributed by atoms with Gasteiger partial charge in [-0.25, -0.2) is 0 Å². The Balaban J connectivity index is 1.63. The van der Waals surface area contributed by atoms with Gasteiger partial charge in [-0.15, -0.1) is 0 Å². The number of ether oxygens (including phenoxy) is 1. The molecule has 2 heteroatoms. The third-order valence-corrected chi connectivity index (χ3v) is 10.3. The monoisotopic (exact) mass is 378 g/mol. The molecule has 4 rings (SSSR count). The summed E-state index contributed by atoms with van der Waals surface area (Å²) in [4.78, 5) is 0. The maximum atomic E-state index is 6.20. The van der Waals surface area contributed by atoms with Gasteiger partial charge in [-0.05, 0) is 105 Å². The van der Waals surface area contributed by atoms with Gasteiger partial charge in [-0.3, -0.25) is 0 Å². The summed E-state index contributed by atoms with van der Waals surface area (Å²) in [6.07, 6.45) is 14.2. The number of thiol groups is 1. The second-order valence-corrected chi connectivity index (χ2v) is 12.0. The van der Waals surface area contributed by atoms with Crippen LogP contribution in [0.25, 0.3) is 0 Å². The highest BCUT2D eigenvalue weighted by Gasteiger charge is 2.61. The Morgan fingerprint density at radius 2 is 1.73 bits per heavy atom. The molecule has 0 aromatic heterocycles. The molecule has 0 amide bonds. The Labute approximate surface area is 167 Å². The van der Waals surface area contributed by atoms with E-state index in [2.05, 4.69) is 27.7 Å². The fourth-order valence-electron chi connectivity index (χ4n) is 8.59. The van der Waals surface area contributed by atoms with Crippen LogP contribution in [0.1, 0.15) is 91.9 Å². The van der Waals surface area contributed by atoms with E-state index < -0.39 is 0 Å². The molecule has 4 aliphatic rings. The summed E-state index contributed by atoms with van der Waals surface area (Å²) >= 11 is 5.04. The first-order valence-electron chi connectivity index (χ1n) is 11.7. The lowest BCUT2D eigenvalue weighted by Gasteiger charge is -2.63. The first-order chi connectivity index (χ1) is 12.4. The summed E-state index contributed by atoms with van der Waals surface area (Å²) in [5.41, 5.74) is 1.11. The van der Waals surface area contributed by atoms with Crippen molar-refractivity contribution >= 4 is 12.6 Å². The van der Waals surface area contributed by atoms with Gasteiger partial charge in [0.05, 0.1) is 6.61 Å². The van der Waals surface area contributed by atoms with Crippen LogP contribution < -0.4 is 0 Å². The molecular formula is C24H42OS. The summed E-state index contributed by atoms with van der Waals surface area (Å²) in [5, 5.41) is 0. The van der Waals surface area contributed by atoms with Crippen molar-refractivity contribution in [1.82, 2.24) is 0 Å². The molecule has 4 saturated carbocycles. The van der Waals surface area contributed by atoms with Crippen LogP contribution in [0.2, 0.25) is 0 Å². The van der Waals surface area contributed by atoms with Crippen molar-refractivity contribution in [3.05, 3.63) is 0 Å². The van der Waals surface area contributed by atoms with Gasteiger partial charge in [-0.1, -0.05) is 27.2 Å². The third kappa shape index (κ3) is 2.92. The summed E-state index contributed by atoms with van der Waals surface area (Å²) < 4.78 is 6.45. The Hall–Kier alpha value is 0.310. The van der Waals surface area contributed by atoms with E-state index >= 15 is 0 Å². The standard InChI is InChI=1S/C24H42OS/c1-5-17-8-10-20-19-9-7-18-15-22(3,26)13-14-24(18,16-25-6-2)21(19)11-12-23(17,20)4/h17-21,26H,5-16H2,1-4H3/t17-,18-,19-,20-,21-,22?,23+,24+/m0/s1. The van der Waals surface area contributed by atoms with Crippen molar-refractivity contribution < 1.29 is 4.74 Å². The van der Waals surface area contributed by atoms with Crippen LogP contribution in [-0.4, -0.2) is 18.0 Å². The molecule has 0 aromatic carbocycles. The first kappa shape index (κ1) is 19.6. The van der Waals surface area contributed by atoms with Crippen molar-refractivity contribution in [2.75, 3.05) is 13.2 Å². The van der Waals surface area contributed by atoms with Gasteiger partial charge in [0, 0.05) is 11.4 Å². The molecule has 0 aliphatic heterocycles. The van der Waals surface area contributed by atoms with Crippen LogP contribution >= 0.6 is 12.6 Å². The van der Waals surface area contributed by atoms with Gasteiger partial charge in [0.15, 0.2) is 0 Å². The molecule has 0 bridgehead atoms. The Kier molecular flexibility index (Phi) is 5.26. The molecule has 0 saturated heterocycles. The summed E-state index contributed by atoms with van der Waals surface area (Å²) in [5.74, 6) is 4.73. The van der Waals surface area contributed by atoms with E-state index in [1.807, 2.05) is 0 Å². The lowest BCUT2D eigenvalue weighted by atomic mass is 9.43. The molecule has 4 fully saturated rings. The number of fused-ring (bicyclic) bond motifs is 5. The maximum Gasteiger partial charge on any atom is 0.0527 e. The van der Waals surface area contributed by atoms with Crippen molar-refractivity contribution in [1.29, 1.82) is 0 Å². The highest BCUT2D eigenvalue weighted by atomic mass is 32.1. The first-order valence-corrected chi connectivity index (χ1v) is 12.1. The van der Waals surface area contributed by atoms with Gasteiger partial charge in [0.2, 0.25) is 0 Å². The molecule has 0 radical (unpaired) electrons. The van der Waals surface area contributed by atoms with Crippen LogP contribution in [0.3, 0.4) is 0 Å². The molecule has 8 atom stereocenters. The van der Waals surface area contributed by atoms with Crippen molar-refractivity contribution in [2.45, 2.75) is 96.7 Å². The zero-order valence-corrected chi connectivity index (χ0v) is 18.6. The van der Waals surface area contributed by atoms with Gasteiger partial charge >= 0.3 is 0 Å². The third-order valence-electron chi connectivity index (χ3n) is 9.92. The summed E-state index contributed by atoms with van der Waals surface area (Å²) in [6, 6.07) is 0. The second kappa shape index (κ2) is 6.97. The second-order valence-electron chi connectivity index (χ2n) is 10.9. The number of hydrogen-bond donors (Lipinski definition) is 1. The molecule has 26 heavy (non-hydrogen) atoms. The minimum Gasteiger partial charge on any atom is -0.381 e. The lowest BCUT2D eigenvalue weighted by molar-refractivity contribution is -0.152. The zero-order valence-electron chi connectivity index (χ0n) is 17.7. The van der Waals surface area contributed by atoms with E-state index in [9.17, 15) is 0 Å². The molecule has 0 spiro atoms. The van der Waals surface area contributed by atoms with Crippen LogP contribution in [-0.2, 0) is 4.74 Å². The predicted molar refractivity (Wildman–Crippen MR) is 114 cm³/mol. The van der Waals surface area contributed by atoms with E-state index in [1.165, 1.54) is 64.2 Å². The van der Waals surface area contributed by atoms with Gasteiger partial charge in [0.25, 0.3) is 0 Å². The quantitative estimate of drug-likeness (QED) is 0.532. The van der Waals surface area contributed by atoms with Crippen molar-refractivity contribution in [2.24, 2.45) is 40.4 Å². The molecule has 150 valence electrons. The van der Waals surface area contributed by atoms with Crippen molar-refractivity contribution in [3.63, 3.8) is 0 Å². The van der Waals surface area contributed by atoms with Crippen LogP contribution in [0, 0.1) is 40.4 Å². The normalized spacial score (nSPS) is 53.7. The van der Waals surface area contributed by atoms with E-state index in [4.69, 9.17) is 17.4 Å². The van der Waals surface area contributed by atoms with Crippen molar-refractivity contribution in [3.8, 4) is 0 Å². The molecule has 1 nitrogen and oxygen atoms in total. The zero-order chi connectivity index (χ0) is 18.6. The Morgan fingerprint density at radius 3 is 2.46 bits per heavy atom. The number of rotatable bonds is 4. The van der Waals surface area contributed by atoms with E-state index in [1.54, 1.807) is 0 Å². The smallest absolute Gasteiger partial charge is 0.0527 e. The van der Waals surface area contributed by atoms with Crippen LogP contribution in [0.5, 0.6) is 0 Å². The van der Waals surface area contributed by atoms with Gasteiger partial charge < -0.3 is 4.74 Å². The fourth-order valence-corrected chi connectivity index (χ4v) is 8.92. The fraction of sp³-hybridized carbons (Fsp3) is 1.00. The van der Waals surface area contributed by atoms with Crippen LogP contribution in [0.4, 0.5) is 0 Å². The topological polar surface area (TPSA) is 9.23 Å². The highest BCUT2D eigenvalue weighted by molar-refractivity contribution is 7.81. The van der Waals surface area contributed by atoms with E-state index in [-0.39, 0.29) is 4.75 Å². The largest absolute Gasteiger partial charge is 0.381 e. The SMILES string of the molecule is CCOC[C@]12CCC(C)(S)C[C@@H]1CC[C@H]1[C@@H]3CC[C@H](CC)[C@@]3(C)CC[C@@H]12. The lowest BCUT2D eigenvalue weighted by Crippen LogP contribution is -2.57. The minimum atomic E-state index is 0.247. The molecule has 0 N–H and O–H groups in total. The highest BCUT2D eigenvalue weighted by Crippen LogP contribution is 2.68.